The van der Waals surface area contributed by atoms with E-state index in [4.69, 9.17) is 0 Å². The minimum atomic E-state index is 0.746. The molecule has 5 nitrogen and oxygen atoms in total. The van der Waals surface area contributed by atoms with Crippen molar-refractivity contribution >= 4 is 33.8 Å². The molecular formula is C14H17N5S. The van der Waals surface area contributed by atoms with Crippen molar-refractivity contribution in [2.24, 2.45) is 7.05 Å². The maximum absolute atomic E-state index is 4.67. The number of aromatic nitrogens is 4. The molecule has 3 aromatic rings. The van der Waals surface area contributed by atoms with Gasteiger partial charge in [-0.1, -0.05) is 30.0 Å². The fourth-order valence-electron chi connectivity index (χ4n) is 2.17. The predicted molar refractivity (Wildman–Crippen MR) is 83.1 cm³/mol. The summed E-state index contributed by atoms with van der Waals surface area (Å²) in [7, 11) is 6.13. The van der Waals surface area contributed by atoms with Gasteiger partial charge in [-0.15, -0.1) is 10.2 Å². The lowest BCUT2D eigenvalue weighted by molar-refractivity contribution is 0.437. The Kier molecular flexibility index (Phi) is 3.58. The number of nitrogens with zero attached hydrogens (tertiary/aromatic N) is 5. The van der Waals surface area contributed by atoms with Gasteiger partial charge in [0.2, 0.25) is 5.16 Å². The van der Waals surface area contributed by atoms with Gasteiger partial charge in [-0.2, -0.15) is 0 Å². The van der Waals surface area contributed by atoms with Crippen molar-refractivity contribution in [2.75, 3.05) is 26.4 Å². The third-order valence-corrected chi connectivity index (χ3v) is 4.08. The number of aryl methyl sites for hydroxylation is 1. The fraction of sp³-hybridized carbons (Fsp3) is 0.357. The largest absolute Gasteiger partial charge is 0.326 e. The highest BCUT2D eigenvalue weighted by atomic mass is 32.2. The monoisotopic (exact) mass is 287 g/mol. The Morgan fingerprint density at radius 2 is 2.00 bits per heavy atom. The Bertz CT molecular complexity index is 750. The van der Waals surface area contributed by atoms with Crippen LogP contribution >= 0.6 is 11.8 Å². The molecule has 0 saturated carbocycles. The molecule has 0 fully saturated rings. The van der Waals surface area contributed by atoms with Gasteiger partial charge in [0.25, 0.3) is 0 Å². The zero-order valence-corrected chi connectivity index (χ0v) is 12.7. The fourth-order valence-corrected chi connectivity index (χ4v) is 3.07. The van der Waals surface area contributed by atoms with Crippen LogP contribution in [0, 0.1) is 0 Å². The van der Waals surface area contributed by atoms with Gasteiger partial charge in [-0.3, -0.25) is 0 Å². The van der Waals surface area contributed by atoms with E-state index in [9.17, 15) is 0 Å². The third-order valence-electron chi connectivity index (χ3n) is 3.26. The highest BCUT2D eigenvalue weighted by Crippen LogP contribution is 2.25. The van der Waals surface area contributed by atoms with Crippen LogP contribution in [0.15, 0.2) is 29.4 Å². The second-order valence-corrected chi connectivity index (χ2v) is 6.06. The Morgan fingerprint density at radius 3 is 2.80 bits per heavy atom. The molecule has 0 radical (unpaired) electrons. The summed E-state index contributed by atoms with van der Waals surface area (Å²) in [4.78, 5) is 6.82. The summed E-state index contributed by atoms with van der Waals surface area (Å²) in [5.41, 5.74) is 2.91. The van der Waals surface area contributed by atoms with E-state index in [1.165, 1.54) is 0 Å². The Balaban J connectivity index is 2.00. The number of thioether (sulfide) groups is 1. The highest BCUT2D eigenvalue weighted by Gasteiger charge is 2.12. The highest BCUT2D eigenvalue weighted by molar-refractivity contribution is 7.99. The molecule has 2 aromatic heterocycles. The number of hydrogen-bond acceptors (Lipinski definition) is 5. The summed E-state index contributed by atoms with van der Waals surface area (Å²) in [5, 5.41) is 10.4. The van der Waals surface area contributed by atoms with Crippen molar-refractivity contribution in [3.63, 3.8) is 0 Å². The summed E-state index contributed by atoms with van der Waals surface area (Å²) in [5.74, 6) is 0.963. The number of rotatable bonds is 4. The molecule has 2 heterocycles. The van der Waals surface area contributed by atoms with Crippen LogP contribution in [0.5, 0.6) is 0 Å². The number of para-hydroxylation sites is 1. The van der Waals surface area contributed by atoms with Crippen LogP contribution in [0.2, 0.25) is 0 Å². The molecule has 20 heavy (non-hydrogen) atoms. The minimum absolute atomic E-state index is 0.746. The van der Waals surface area contributed by atoms with Crippen LogP contribution in [-0.4, -0.2) is 51.0 Å². The van der Waals surface area contributed by atoms with Crippen molar-refractivity contribution in [1.29, 1.82) is 0 Å². The zero-order valence-electron chi connectivity index (χ0n) is 11.9. The molecule has 6 heteroatoms. The van der Waals surface area contributed by atoms with E-state index >= 15 is 0 Å². The smallest absolute Gasteiger partial charge is 0.209 e. The summed E-state index contributed by atoms with van der Waals surface area (Å²) < 4.78 is 2.04. The average molecular weight is 287 g/mol. The Hall–Kier alpha value is -1.66. The molecule has 0 saturated heterocycles. The normalized spacial score (nSPS) is 11.8. The van der Waals surface area contributed by atoms with Gasteiger partial charge in [0.1, 0.15) is 5.52 Å². The van der Waals surface area contributed by atoms with Gasteiger partial charge in [0, 0.05) is 24.7 Å². The quantitative estimate of drug-likeness (QED) is 0.688. The van der Waals surface area contributed by atoms with Gasteiger partial charge < -0.3 is 9.47 Å². The maximum Gasteiger partial charge on any atom is 0.209 e. The van der Waals surface area contributed by atoms with Crippen LogP contribution < -0.4 is 0 Å². The van der Waals surface area contributed by atoms with Gasteiger partial charge >= 0.3 is 0 Å². The van der Waals surface area contributed by atoms with Gasteiger partial charge in [0.15, 0.2) is 5.65 Å². The molecular weight excluding hydrogens is 270 g/mol. The first kappa shape index (κ1) is 13.3. The molecule has 0 aliphatic heterocycles. The van der Waals surface area contributed by atoms with Crippen molar-refractivity contribution in [2.45, 2.75) is 5.16 Å². The van der Waals surface area contributed by atoms with Crippen molar-refractivity contribution in [3.05, 3.63) is 24.3 Å². The molecule has 104 valence electrons. The Labute approximate surface area is 122 Å². The molecule has 0 atom stereocenters. The lowest BCUT2D eigenvalue weighted by Crippen LogP contribution is -2.15. The second kappa shape index (κ2) is 5.38. The average Bonchev–Trinajstić information content (AvgIpc) is 2.73. The first-order valence-corrected chi connectivity index (χ1v) is 7.51. The third kappa shape index (κ3) is 2.36. The first-order chi connectivity index (χ1) is 9.66. The van der Waals surface area contributed by atoms with Crippen LogP contribution in [0.4, 0.5) is 0 Å². The summed E-state index contributed by atoms with van der Waals surface area (Å²) in [6.07, 6.45) is 0. The molecule has 0 unspecified atom stereocenters. The molecule has 1 aromatic carbocycles. The van der Waals surface area contributed by atoms with E-state index < -0.39 is 0 Å². The predicted octanol–water partition coefficient (Wildman–Crippen LogP) is 2.17. The number of hydrogen-bond donors (Lipinski definition) is 0. The lowest BCUT2D eigenvalue weighted by Gasteiger charge is -2.07. The van der Waals surface area contributed by atoms with E-state index in [2.05, 4.69) is 46.3 Å². The van der Waals surface area contributed by atoms with E-state index in [0.29, 0.717) is 0 Å². The summed E-state index contributed by atoms with van der Waals surface area (Å²) in [6.45, 7) is 1.00. The van der Waals surface area contributed by atoms with Gasteiger partial charge in [-0.05, 0) is 20.2 Å². The van der Waals surface area contributed by atoms with Crippen molar-refractivity contribution < 1.29 is 0 Å². The summed E-state index contributed by atoms with van der Waals surface area (Å²) in [6, 6.07) is 8.22. The van der Waals surface area contributed by atoms with E-state index in [0.717, 1.165) is 39.5 Å². The van der Waals surface area contributed by atoms with Crippen LogP contribution in [0.1, 0.15) is 0 Å². The van der Waals surface area contributed by atoms with Crippen LogP contribution in [0.3, 0.4) is 0 Å². The number of fused-ring (bicyclic) bond motifs is 3. The zero-order chi connectivity index (χ0) is 14.1. The van der Waals surface area contributed by atoms with Gasteiger partial charge in [0.05, 0.1) is 5.52 Å². The molecule has 3 rings (SSSR count). The SMILES string of the molecule is CN(C)CCSc1nnc2c(n1)c1ccccc1n2C. The topological polar surface area (TPSA) is 46.8 Å². The van der Waals surface area contributed by atoms with E-state index in [1.807, 2.05) is 23.7 Å². The number of benzene rings is 1. The molecule has 0 amide bonds. The molecule has 0 N–H and O–H groups in total. The van der Waals surface area contributed by atoms with Crippen LogP contribution in [-0.2, 0) is 7.05 Å². The van der Waals surface area contributed by atoms with Gasteiger partial charge in [-0.25, -0.2) is 4.98 Å². The molecule has 0 aliphatic carbocycles. The molecule has 0 spiro atoms. The van der Waals surface area contributed by atoms with Crippen molar-refractivity contribution in [1.82, 2.24) is 24.6 Å². The standard InChI is InChI=1S/C14H17N5S/c1-18(2)8-9-20-14-15-12-10-6-4-5-7-11(10)19(3)13(12)16-17-14/h4-7H,8-9H2,1-3H3. The summed E-state index contributed by atoms with van der Waals surface area (Å²) >= 11 is 1.65. The van der Waals surface area contributed by atoms with E-state index in [-0.39, 0.29) is 0 Å². The van der Waals surface area contributed by atoms with Crippen molar-refractivity contribution in [3.8, 4) is 0 Å². The lowest BCUT2D eigenvalue weighted by atomic mass is 10.2. The Morgan fingerprint density at radius 1 is 1.20 bits per heavy atom. The molecule has 0 bridgehead atoms. The second-order valence-electron chi connectivity index (χ2n) is 4.99. The first-order valence-electron chi connectivity index (χ1n) is 6.52. The van der Waals surface area contributed by atoms with Crippen LogP contribution in [0.25, 0.3) is 22.1 Å². The minimum Gasteiger partial charge on any atom is -0.326 e. The molecule has 0 aliphatic rings. The van der Waals surface area contributed by atoms with E-state index in [1.54, 1.807) is 11.8 Å². The maximum atomic E-state index is 4.67.